The molecule has 0 aliphatic heterocycles. The lowest BCUT2D eigenvalue weighted by Gasteiger charge is -2.26. The number of carboxylic acid groups (broad SMARTS) is 1. The predicted molar refractivity (Wildman–Crippen MR) is 68.5 cm³/mol. The smallest absolute Gasteiger partial charge is 0.306 e. The molecule has 1 aromatic heterocycles. The maximum atomic E-state index is 10.9. The highest BCUT2D eigenvalue weighted by Crippen LogP contribution is 2.26. The normalized spacial score (nSPS) is 23.7. The van der Waals surface area contributed by atoms with Gasteiger partial charge in [-0.1, -0.05) is 0 Å². The van der Waals surface area contributed by atoms with Crippen LogP contribution in [0, 0.1) is 19.8 Å². The quantitative estimate of drug-likeness (QED) is 0.858. The van der Waals surface area contributed by atoms with Crippen LogP contribution in [0.25, 0.3) is 0 Å². The highest BCUT2D eigenvalue weighted by atomic mass is 16.4. The van der Waals surface area contributed by atoms with Crippen LogP contribution in [0.4, 0.5) is 5.95 Å². The van der Waals surface area contributed by atoms with Crippen molar-refractivity contribution >= 4 is 11.9 Å². The van der Waals surface area contributed by atoms with Crippen LogP contribution in [0.3, 0.4) is 0 Å². The van der Waals surface area contributed by atoms with Gasteiger partial charge < -0.3 is 10.4 Å². The van der Waals surface area contributed by atoms with Crippen LogP contribution in [0.2, 0.25) is 0 Å². The SMILES string of the molecule is Cc1cnc(NC2CCC(C(=O)O)CC2)nc1C. The molecule has 2 rings (SSSR count). The molecule has 0 radical (unpaired) electrons. The molecule has 0 bridgehead atoms. The lowest BCUT2D eigenvalue weighted by molar-refractivity contribution is -0.142. The summed E-state index contributed by atoms with van der Waals surface area (Å²) >= 11 is 0. The fourth-order valence-corrected chi connectivity index (χ4v) is 2.26. The molecule has 18 heavy (non-hydrogen) atoms. The third-order valence-electron chi connectivity index (χ3n) is 3.63. The van der Waals surface area contributed by atoms with Gasteiger partial charge in [0.05, 0.1) is 5.92 Å². The van der Waals surface area contributed by atoms with Crippen molar-refractivity contribution in [1.82, 2.24) is 9.97 Å². The van der Waals surface area contributed by atoms with E-state index in [4.69, 9.17) is 5.11 Å². The van der Waals surface area contributed by atoms with Crippen LogP contribution in [0.5, 0.6) is 0 Å². The number of carbonyl (C=O) groups is 1. The Morgan fingerprint density at radius 1 is 1.33 bits per heavy atom. The number of anilines is 1. The Kier molecular flexibility index (Phi) is 3.79. The van der Waals surface area contributed by atoms with E-state index in [0.29, 0.717) is 12.0 Å². The summed E-state index contributed by atoms with van der Waals surface area (Å²) in [7, 11) is 0. The van der Waals surface area contributed by atoms with Gasteiger partial charge in [-0.3, -0.25) is 4.79 Å². The van der Waals surface area contributed by atoms with Crippen LogP contribution >= 0.6 is 0 Å². The van der Waals surface area contributed by atoms with E-state index >= 15 is 0 Å². The number of aliphatic carboxylic acids is 1. The van der Waals surface area contributed by atoms with Gasteiger partial charge >= 0.3 is 5.97 Å². The van der Waals surface area contributed by atoms with Gasteiger partial charge in [0.2, 0.25) is 5.95 Å². The van der Waals surface area contributed by atoms with Gasteiger partial charge in [-0.15, -0.1) is 0 Å². The molecule has 0 atom stereocenters. The van der Waals surface area contributed by atoms with Crippen molar-refractivity contribution in [2.75, 3.05) is 5.32 Å². The van der Waals surface area contributed by atoms with Crippen LogP contribution in [-0.2, 0) is 4.79 Å². The number of aryl methyl sites for hydroxylation is 2. The number of nitrogens with one attached hydrogen (secondary N) is 1. The minimum atomic E-state index is -0.670. The summed E-state index contributed by atoms with van der Waals surface area (Å²) < 4.78 is 0. The molecule has 1 aliphatic rings. The Balaban J connectivity index is 1.91. The molecule has 5 nitrogen and oxygen atoms in total. The van der Waals surface area contributed by atoms with E-state index in [0.717, 1.165) is 36.9 Å². The lowest BCUT2D eigenvalue weighted by Crippen LogP contribution is -2.29. The summed E-state index contributed by atoms with van der Waals surface area (Å²) in [6.07, 6.45) is 5.02. The highest BCUT2D eigenvalue weighted by molar-refractivity contribution is 5.70. The molecule has 2 N–H and O–H groups in total. The minimum absolute atomic E-state index is 0.177. The zero-order valence-corrected chi connectivity index (χ0v) is 10.8. The topological polar surface area (TPSA) is 75.1 Å². The predicted octanol–water partition coefficient (Wildman–Crippen LogP) is 2.15. The van der Waals surface area contributed by atoms with Gasteiger partial charge in [-0.05, 0) is 45.1 Å². The van der Waals surface area contributed by atoms with Crippen LogP contribution in [-0.4, -0.2) is 27.1 Å². The Morgan fingerprint density at radius 2 is 2.00 bits per heavy atom. The summed E-state index contributed by atoms with van der Waals surface area (Å²) in [5, 5.41) is 12.2. The van der Waals surface area contributed by atoms with Crippen LogP contribution < -0.4 is 5.32 Å². The van der Waals surface area contributed by atoms with E-state index in [-0.39, 0.29) is 5.92 Å². The molecule has 1 fully saturated rings. The zero-order chi connectivity index (χ0) is 13.1. The number of hydrogen-bond acceptors (Lipinski definition) is 4. The van der Waals surface area contributed by atoms with Gasteiger partial charge in [-0.25, -0.2) is 9.97 Å². The minimum Gasteiger partial charge on any atom is -0.481 e. The van der Waals surface area contributed by atoms with Crippen LogP contribution in [0.15, 0.2) is 6.20 Å². The van der Waals surface area contributed by atoms with E-state index in [1.165, 1.54) is 0 Å². The molecule has 0 spiro atoms. The summed E-state index contributed by atoms with van der Waals surface area (Å²) in [4.78, 5) is 19.5. The summed E-state index contributed by atoms with van der Waals surface area (Å²) in [6.45, 7) is 3.95. The summed E-state index contributed by atoms with van der Waals surface area (Å²) in [5.74, 6) is -0.198. The fourth-order valence-electron chi connectivity index (χ4n) is 2.26. The highest BCUT2D eigenvalue weighted by Gasteiger charge is 2.26. The molecule has 1 saturated carbocycles. The van der Waals surface area contributed by atoms with Crippen molar-refractivity contribution in [2.24, 2.45) is 5.92 Å². The van der Waals surface area contributed by atoms with Gasteiger partial charge in [0.25, 0.3) is 0 Å². The second-order valence-corrected chi connectivity index (χ2v) is 4.99. The van der Waals surface area contributed by atoms with E-state index in [1.807, 2.05) is 20.0 Å². The molecule has 1 aromatic rings. The third kappa shape index (κ3) is 2.97. The van der Waals surface area contributed by atoms with E-state index in [9.17, 15) is 4.79 Å². The molecular weight excluding hydrogens is 230 g/mol. The largest absolute Gasteiger partial charge is 0.481 e. The maximum absolute atomic E-state index is 10.9. The Morgan fingerprint density at radius 3 is 2.56 bits per heavy atom. The Hall–Kier alpha value is -1.65. The van der Waals surface area contributed by atoms with Crippen molar-refractivity contribution in [3.8, 4) is 0 Å². The monoisotopic (exact) mass is 249 g/mol. The molecule has 0 saturated heterocycles. The van der Waals surface area contributed by atoms with Crippen molar-refractivity contribution in [3.63, 3.8) is 0 Å². The van der Waals surface area contributed by atoms with E-state index in [2.05, 4.69) is 15.3 Å². The standard InChI is InChI=1S/C13H19N3O2/c1-8-7-14-13(15-9(8)2)16-11-5-3-10(4-6-11)12(17)18/h7,10-11H,3-6H2,1-2H3,(H,17,18)(H,14,15,16). The first-order valence-electron chi connectivity index (χ1n) is 6.36. The third-order valence-corrected chi connectivity index (χ3v) is 3.63. The second-order valence-electron chi connectivity index (χ2n) is 4.99. The number of hydrogen-bond donors (Lipinski definition) is 2. The number of rotatable bonds is 3. The maximum Gasteiger partial charge on any atom is 0.306 e. The average Bonchev–Trinajstić information content (AvgIpc) is 2.34. The summed E-state index contributed by atoms with van der Waals surface area (Å²) in [5.41, 5.74) is 2.06. The first kappa shape index (κ1) is 12.8. The molecule has 0 aromatic carbocycles. The molecular formula is C13H19N3O2. The van der Waals surface area contributed by atoms with Crippen molar-refractivity contribution in [1.29, 1.82) is 0 Å². The molecule has 98 valence electrons. The van der Waals surface area contributed by atoms with Crippen LogP contribution in [0.1, 0.15) is 36.9 Å². The Bertz CT molecular complexity index is 440. The first-order valence-corrected chi connectivity index (χ1v) is 6.36. The van der Waals surface area contributed by atoms with Gasteiger partial charge in [0.15, 0.2) is 0 Å². The molecule has 0 amide bonds. The number of aromatic nitrogens is 2. The van der Waals surface area contributed by atoms with E-state index in [1.54, 1.807) is 0 Å². The van der Waals surface area contributed by atoms with Crippen molar-refractivity contribution in [3.05, 3.63) is 17.5 Å². The van der Waals surface area contributed by atoms with Crippen molar-refractivity contribution < 1.29 is 9.90 Å². The number of nitrogens with zero attached hydrogens (tertiary/aromatic N) is 2. The molecule has 1 aliphatic carbocycles. The van der Waals surface area contributed by atoms with Crippen molar-refractivity contribution in [2.45, 2.75) is 45.6 Å². The molecule has 5 heteroatoms. The van der Waals surface area contributed by atoms with Gasteiger partial charge in [-0.2, -0.15) is 0 Å². The zero-order valence-electron chi connectivity index (χ0n) is 10.8. The fraction of sp³-hybridized carbons (Fsp3) is 0.615. The van der Waals surface area contributed by atoms with Gasteiger partial charge in [0, 0.05) is 17.9 Å². The van der Waals surface area contributed by atoms with E-state index < -0.39 is 5.97 Å². The lowest BCUT2D eigenvalue weighted by atomic mass is 9.86. The average molecular weight is 249 g/mol. The van der Waals surface area contributed by atoms with Gasteiger partial charge in [0.1, 0.15) is 0 Å². The second kappa shape index (κ2) is 5.33. The number of carboxylic acids is 1. The molecule has 1 heterocycles. The molecule has 0 unspecified atom stereocenters. The first-order chi connectivity index (χ1) is 8.56. The summed E-state index contributed by atoms with van der Waals surface area (Å²) in [6, 6.07) is 0.294. The Labute approximate surface area is 107 Å².